The number of hydrogen-bond donors (Lipinski definition) is 2. The molecule has 1 atom stereocenters. The molecule has 0 aliphatic heterocycles. The number of rotatable bonds is 7. The van der Waals surface area contributed by atoms with E-state index in [0.717, 1.165) is 16.4 Å². The number of carbonyl (C=O) groups excluding carboxylic acids is 1. The van der Waals surface area contributed by atoms with Crippen molar-refractivity contribution in [3.05, 3.63) is 60.0 Å². The molecule has 0 saturated carbocycles. The molecule has 7 nitrogen and oxygen atoms in total. The van der Waals surface area contributed by atoms with Gasteiger partial charge in [0.1, 0.15) is 6.33 Å². The molecule has 0 unspecified atom stereocenters. The number of aliphatic hydroxyl groups is 1. The fourth-order valence-electron chi connectivity index (χ4n) is 2.48. The highest BCUT2D eigenvalue weighted by atomic mass is 32.2. The summed E-state index contributed by atoms with van der Waals surface area (Å²) in [5.41, 5.74) is 2.73. The average Bonchev–Trinajstić information content (AvgIpc) is 3.10. The minimum absolute atomic E-state index is 0.137. The molecule has 3 aromatic rings. The van der Waals surface area contributed by atoms with Crippen LogP contribution in [0.5, 0.6) is 0 Å². The van der Waals surface area contributed by atoms with Crippen LogP contribution in [0.1, 0.15) is 29.1 Å². The number of aliphatic hydroxyl groups excluding tert-OH is 1. The summed E-state index contributed by atoms with van der Waals surface area (Å²) >= 11 is 1.54. The Hall–Kier alpha value is -2.71. The van der Waals surface area contributed by atoms with Gasteiger partial charge in [-0.15, -0.1) is 10.2 Å². The lowest BCUT2D eigenvalue weighted by atomic mass is 10.1. The van der Waals surface area contributed by atoms with E-state index in [1.165, 1.54) is 11.8 Å². The van der Waals surface area contributed by atoms with Crippen LogP contribution < -0.4 is 5.32 Å². The van der Waals surface area contributed by atoms with E-state index in [2.05, 4.69) is 20.5 Å². The first-order valence-electron chi connectivity index (χ1n) is 8.55. The van der Waals surface area contributed by atoms with Crippen LogP contribution in [0.2, 0.25) is 0 Å². The summed E-state index contributed by atoms with van der Waals surface area (Å²) in [6.45, 7) is 2.20. The van der Waals surface area contributed by atoms with E-state index in [1.54, 1.807) is 31.5 Å². The number of nitrogens with one attached hydrogen (secondary N) is 1. The largest absolute Gasteiger partial charge is 0.387 e. The smallest absolute Gasteiger partial charge is 0.251 e. The molecule has 2 heterocycles. The highest BCUT2D eigenvalue weighted by Crippen LogP contribution is 2.21. The van der Waals surface area contributed by atoms with Crippen LogP contribution in [0.3, 0.4) is 0 Å². The van der Waals surface area contributed by atoms with E-state index in [0.29, 0.717) is 23.6 Å². The minimum Gasteiger partial charge on any atom is -0.387 e. The van der Waals surface area contributed by atoms with E-state index in [9.17, 15) is 9.90 Å². The number of nitrogens with zero attached hydrogens (tertiary/aromatic N) is 4. The summed E-state index contributed by atoms with van der Waals surface area (Å²) < 4.78 is 1.84. The number of thioether (sulfide) groups is 1. The normalized spacial score (nSPS) is 12.0. The van der Waals surface area contributed by atoms with E-state index in [-0.39, 0.29) is 5.91 Å². The van der Waals surface area contributed by atoms with Crippen molar-refractivity contribution < 1.29 is 9.90 Å². The molecule has 0 saturated heterocycles. The zero-order valence-corrected chi connectivity index (χ0v) is 16.0. The van der Waals surface area contributed by atoms with Gasteiger partial charge < -0.3 is 15.0 Å². The minimum atomic E-state index is -0.636. The fraction of sp³-hybridized carbons (Fsp3) is 0.263. The van der Waals surface area contributed by atoms with Crippen LogP contribution >= 0.6 is 11.8 Å². The molecule has 0 bridgehead atoms. The lowest BCUT2D eigenvalue weighted by Gasteiger charge is -2.09. The second-order valence-electron chi connectivity index (χ2n) is 6.03. The van der Waals surface area contributed by atoms with Crippen LogP contribution in [-0.2, 0) is 7.05 Å². The maximum atomic E-state index is 12.4. The summed E-state index contributed by atoms with van der Waals surface area (Å²) in [6, 6.07) is 12.8. The standard InChI is InChI=1S/C19H21N5O2S/c1-13(25)16-7-4-8-17(22-16)14-5-3-6-15(11-14)18(26)20-9-10-27-19-23-21-12-24(19)2/h3-8,11-13,25H,9-10H2,1-2H3,(H,20,26)/t13-/m0/s1. The van der Waals surface area contributed by atoms with Gasteiger partial charge in [-0.1, -0.05) is 30.0 Å². The summed E-state index contributed by atoms with van der Waals surface area (Å²) in [4.78, 5) is 16.9. The Morgan fingerprint density at radius 2 is 2.11 bits per heavy atom. The number of benzene rings is 1. The van der Waals surface area contributed by atoms with E-state index in [4.69, 9.17) is 0 Å². The van der Waals surface area contributed by atoms with Crippen LogP contribution in [0.25, 0.3) is 11.3 Å². The molecule has 2 aromatic heterocycles. The Balaban J connectivity index is 1.62. The first-order chi connectivity index (χ1) is 13.0. The Labute approximate surface area is 161 Å². The van der Waals surface area contributed by atoms with Crippen molar-refractivity contribution in [2.75, 3.05) is 12.3 Å². The number of carbonyl (C=O) groups is 1. The first kappa shape index (κ1) is 19.1. The van der Waals surface area contributed by atoms with Gasteiger partial charge in [-0.3, -0.25) is 9.78 Å². The number of aryl methyl sites for hydroxylation is 1. The fourth-order valence-corrected chi connectivity index (χ4v) is 3.22. The summed E-state index contributed by atoms with van der Waals surface area (Å²) in [5, 5.41) is 21.2. The third kappa shape index (κ3) is 4.93. The molecule has 1 aromatic carbocycles. The van der Waals surface area contributed by atoms with Crippen molar-refractivity contribution >= 4 is 17.7 Å². The summed E-state index contributed by atoms with van der Waals surface area (Å²) in [5.74, 6) is 0.567. The Morgan fingerprint density at radius 3 is 2.85 bits per heavy atom. The van der Waals surface area contributed by atoms with Crippen molar-refractivity contribution in [3.63, 3.8) is 0 Å². The third-order valence-electron chi connectivity index (χ3n) is 3.91. The monoisotopic (exact) mass is 383 g/mol. The molecule has 140 valence electrons. The van der Waals surface area contributed by atoms with Gasteiger partial charge in [0.25, 0.3) is 5.91 Å². The van der Waals surface area contributed by atoms with Crippen molar-refractivity contribution in [1.29, 1.82) is 0 Å². The molecule has 27 heavy (non-hydrogen) atoms. The summed E-state index contributed by atoms with van der Waals surface area (Å²) in [6.07, 6.45) is 1.01. The van der Waals surface area contributed by atoms with E-state index in [1.807, 2.05) is 35.9 Å². The molecule has 8 heteroatoms. The number of hydrogen-bond acceptors (Lipinski definition) is 6. The molecule has 0 radical (unpaired) electrons. The lowest BCUT2D eigenvalue weighted by molar-refractivity contribution is 0.0956. The van der Waals surface area contributed by atoms with Gasteiger partial charge in [0.05, 0.1) is 17.5 Å². The maximum Gasteiger partial charge on any atom is 0.251 e. The second kappa shape index (κ2) is 8.79. The predicted molar refractivity (Wildman–Crippen MR) is 104 cm³/mol. The van der Waals surface area contributed by atoms with Crippen molar-refractivity contribution in [1.82, 2.24) is 25.1 Å². The SMILES string of the molecule is C[C@H](O)c1cccc(-c2cccc(C(=O)NCCSc3nncn3C)c2)n1. The van der Waals surface area contributed by atoms with Crippen molar-refractivity contribution in [2.45, 2.75) is 18.2 Å². The topological polar surface area (TPSA) is 92.9 Å². The highest BCUT2D eigenvalue weighted by Gasteiger charge is 2.10. The van der Waals surface area contributed by atoms with Crippen LogP contribution in [0, 0.1) is 0 Å². The Bertz CT molecular complexity index is 926. The average molecular weight is 383 g/mol. The molecule has 0 aliphatic rings. The predicted octanol–water partition coefficient (Wildman–Crippen LogP) is 2.45. The molecule has 1 amide bonds. The summed E-state index contributed by atoms with van der Waals surface area (Å²) in [7, 11) is 1.88. The maximum absolute atomic E-state index is 12.4. The zero-order valence-electron chi connectivity index (χ0n) is 15.2. The van der Waals surface area contributed by atoms with Gasteiger partial charge in [-0.2, -0.15) is 0 Å². The van der Waals surface area contributed by atoms with Crippen molar-refractivity contribution in [2.24, 2.45) is 7.05 Å². The van der Waals surface area contributed by atoms with Gasteiger partial charge in [0.15, 0.2) is 5.16 Å². The van der Waals surface area contributed by atoms with Crippen LogP contribution in [-0.4, -0.2) is 43.1 Å². The van der Waals surface area contributed by atoms with Gasteiger partial charge in [0.2, 0.25) is 0 Å². The molecule has 0 aliphatic carbocycles. The highest BCUT2D eigenvalue weighted by molar-refractivity contribution is 7.99. The van der Waals surface area contributed by atoms with E-state index >= 15 is 0 Å². The number of pyridine rings is 1. The Kier molecular flexibility index (Phi) is 6.20. The molecule has 0 fully saturated rings. The number of amides is 1. The molecule has 0 spiro atoms. The molecule has 3 rings (SSSR count). The second-order valence-corrected chi connectivity index (χ2v) is 7.10. The Morgan fingerprint density at radius 1 is 1.30 bits per heavy atom. The third-order valence-corrected chi connectivity index (χ3v) is 4.94. The molecule has 2 N–H and O–H groups in total. The van der Waals surface area contributed by atoms with Crippen molar-refractivity contribution in [3.8, 4) is 11.3 Å². The lowest BCUT2D eigenvalue weighted by Crippen LogP contribution is -2.25. The van der Waals surface area contributed by atoms with Gasteiger partial charge in [-0.25, -0.2) is 0 Å². The van der Waals surface area contributed by atoms with Gasteiger partial charge in [0, 0.05) is 30.5 Å². The van der Waals surface area contributed by atoms with Gasteiger partial charge >= 0.3 is 0 Å². The quantitative estimate of drug-likeness (QED) is 0.481. The molecular formula is C19H21N5O2S. The van der Waals surface area contributed by atoms with Crippen LogP contribution in [0.15, 0.2) is 53.9 Å². The number of aromatic nitrogens is 4. The molecular weight excluding hydrogens is 362 g/mol. The first-order valence-corrected chi connectivity index (χ1v) is 9.53. The zero-order chi connectivity index (χ0) is 19.2. The van der Waals surface area contributed by atoms with E-state index < -0.39 is 6.10 Å². The van der Waals surface area contributed by atoms with Crippen LogP contribution in [0.4, 0.5) is 0 Å². The van der Waals surface area contributed by atoms with Gasteiger partial charge in [-0.05, 0) is 31.2 Å².